The predicted molar refractivity (Wildman–Crippen MR) is 115 cm³/mol. The zero-order valence-electron chi connectivity index (χ0n) is 15.9. The molecule has 0 bridgehead atoms. The maximum absolute atomic E-state index is 14.6. The summed E-state index contributed by atoms with van der Waals surface area (Å²) < 4.78 is 106. The van der Waals surface area contributed by atoms with Gasteiger partial charge in [0.2, 0.25) is 0 Å². The number of anilines is 2. The zero-order chi connectivity index (χ0) is 25.2. The van der Waals surface area contributed by atoms with Crippen molar-refractivity contribution in [2.45, 2.75) is 24.4 Å². The Morgan fingerprint density at radius 3 is 2.21 bits per heavy atom. The van der Waals surface area contributed by atoms with E-state index in [1.54, 1.807) is 0 Å². The molecule has 2 aromatic rings. The topological polar surface area (TPSA) is 64.9 Å². The summed E-state index contributed by atoms with van der Waals surface area (Å²) in [5.41, 5.74) is -8.28. The van der Waals surface area contributed by atoms with Crippen molar-refractivity contribution in [3.8, 4) is 6.07 Å². The normalized spacial score (nSPS) is 12.3. The van der Waals surface area contributed by atoms with Crippen molar-refractivity contribution in [3.63, 3.8) is 0 Å². The average molecular weight is 656 g/mol. The highest BCUT2D eigenvalue weighted by Gasteiger charge is 2.73. The molecule has 2 aromatic carbocycles. The molecule has 2 rings (SSSR count). The number of nitrogens with one attached hydrogen (secondary N) is 2. The van der Waals surface area contributed by atoms with Crippen LogP contribution >= 0.6 is 38.5 Å². The van der Waals surface area contributed by atoms with Gasteiger partial charge in [-0.1, -0.05) is 6.07 Å². The molecule has 0 aliphatic carbocycles. The van der Waals surface area contributed by atoms with Gasteiger partial charge in [0.1, 0.15) is 0 Å². The molecule has 0 saturated carbocycles. The first-order chi connectivity index (χ1) is 15.1. The predicted octanol–water partition coefficient (Wildman–Crippen LogP) is 7.06. The monoisotopic (exact) mass is 655 g/mol. The van der Waals surface area contributed by atoms with Gasteiger partial charge >= 0.3 is 18.0 Å². The number of hydrogen-bond acceptors (Lipinski definition) is 3. The molecule has 0 aromatic heterocycles. The Morgan fingerprint density at radius 2 is 1.70 bits per heavy atom. The van der Waals surface area contributed by atoms with Gasteiger partial charge < -0.3 is 10.6 Å². The first kappa shape index (κ1) is 27.1. The van der Waals surface area contributed by atoms with Gasteiger partial charge in [-0.3, -0.25) is 4.79 Å². The van der Waals surface area contributed by atoms with Crippen molar-refractivity contribution in [3.05, 3.63) is 55.3 Å². The summed E-state index contributed by atoms with van der Waals surface area (Å²) in [7, 11) is 0. The van der Waals surface area contributed by atoms with Gasteiger partial charge in [0.15, 0.2) is 5.82 Å². The molecule has 2 N–H and O–H groups in total. The summed E-state index contributed by atoms with van der Waals surface area (Å²) >= 11 is 4.06. The maximum Gasteiger partial charge on any atom is 0.435 e. The van der Waals surface area contributed by atoms with E-state index >= 15 is 0 Å². The van der Waals surface area contributed by atoms with Crippen molar-refractivity contribution in [1.82, 2.24) is 0 Å². The Labute approximate surface area is 203 Å². The largest absolute Gasteiger partial charge is 0.435 e. The first-order valence-electron chi connectivity index (χ1n) is 8.67. The second kappa shape index (κ2) is 10.00. The number of nitriles is 1. The number of benzene rings is 2. The fraction of sp³-hybridized carbons (Fsp3) is 0.263. The summed E-state index contributed by atoms with van der Waals surface area (Å²) in [5, 5.41) is 13.3. The van der Waals surface area contributed by atoms with E-state index in [9.17, 15) is 39.9 Å². The molecule has 0 saturated heterocycles. The molecular weight excluding hydrogens is 645 g/mol. The highest BCUT2D eigenvalue weighted by Crippen LogP contribution is 2.54. The van der Waals surface area contributed by atoms with Crippen LogP contribution in [0, 0.1) is 20.7 Å². The SMILES string of the molecule is N#CCCNc1cccc(C(=O)Nc2c(Br)cc(C(F)(C(F)(F)F)C(F)(F)F)cc2I)c1F. The number of carbonyl (C=O) groups excluding carboxylic acids is 1. The fourth-order valence-electron chi connectivity index (χ4n) is 2.66. The van der Waals surface area contributed by atoms with Crippen molar-refractivity contribution >= 4 is 55.8 Å². The lowest BCUT2D eigenvalue weighted by atomic mass is 9.94. The van der Waals surface area contributed by atoms with Crippen LogP contribution in [0.4, 0.5) is 46.5 Å². The van der Waals surface area contributed by atoms with Crippen LogP contribution in [0.15, 0.2) is 34.8 Å². The fourth-order valence-corrected chi connectivity index (χ4v) is 4.35. The van der Waals surface area contributed by atoms with Crippen LogP contribution in [0.3, 0.4) is 0 Å². The molecule has 14 heteroatoms. The van der Waals surface area contributed by atoms with Gasteiger partial charge in [-0.25, -0.2) is 8.78 Å². The minimum atomic E-state index is -6.30. The summed E-state index contributed by atoms with van der Waals surface area (Å²) in [6.07, 6.45) is -12.6. The summed E-state index contributed by atoms with van der Waals surface area (Å²) in [4.78, 5) is 12.5. The number of halogens is 10. The van der Waals surface area contributed by atoms with Crippen LogP contribution in [-0.4, -0.2) is 24.8 Å². The lowest BCUT2D eigenvalue weighted by Crippen LogP contribution is -2.50. The van der Waals surface area contributed by atoms with Crippen molar-refractivity contribution in [2.24, 2.45) is 0 Å². The second-order valence-corrected chi connectivity index (χ2v) is 8.44. The number of nitrogens with zero attached hydrogens (tertiary/aromatic N) is 1. The van der Waals surface area contributed by atoms with Gasteiger partial charge in [0.25, 0.3) is 5.91 Å². The van der Waals surface area contributed by atoms with Gasteiger partial charge in [-0.15, -0.1) is 0 Å². The van der Waals surface area contributed by atoms with Crippen LogP contribution in [0.25, 0.3) is 0 Å². The van der Waals surface area contributed by atoms with Gasteiger partial charge in [-0.2, -0.15) is 31.6 Å². The van der Waals surface area contributed by atoms with Gasteiger partial charge in [0, 0.05) is 20.2 Å². The maximum atomic E-state index is 14.6. The van der Waals surface area contributed by atoms with E-state index in [1.807, 2.05) is 6.07 Å². The molecule has 178 valence electrons. The summed E-state index contributed by atoms with van der Waals surface area (Å²) in [6, 6.07) is 6.08. The minimum Gasteiger partial charge on any atom is -0.382 e. The van der Waals surface area contributed by atoms with E-state index in [4.69, 9.17) is 5.26 Å². The third kappa shape index (κ3) is 5.51. The third-order valence-electron chi connectivity index (χ3n) is 4.26. The number of amides is 1. The second-order valence-electron chi connectivity index (χ2n) is 6.43. The number of hydrogen-bond donors (Lipinski definition) is 2. The van der Waals surface area contributed by atoms with Crippen LogP contribution < -0.4 is 10.6 Å². The van der Waals surface area contributed by atoms with Gasteiger partial charge in [0.05, 0.1) is 29.4 Å². The molecule has 33 heavy (non-hydrogen) atoms. The lowest BCUT2D eigenvalue weighted by Gasteiger charge is -2.31. The Morgan fingerprint density at radius 1 is 1.09 bits per heavy atom. The van der Waals surface area contributed by atoms with Crippen molar-refractivity contribution in [1.29, 1.82) is 5.26 Å². The lowest BCUT2D eigenvalue weighted by molar-refractivity contribution is -0.348. The smallest absolute Gasteiger partial charge is 0.382 e. The molecule has 0 spiro atoms. The van der Waals surface area contributed by atoms with E-state index in [0.29, 0.717) is 0 Å². The molecule has 0 atom stereocenters. The van der Waals surface area contributed by atoms with Crippen molar-refractivity contribution < 1.29 is 39.9 Å². The molecule has 4 nitrogen and oxygen atoms in total. The summed E-state index contributed by atoms with van der Waals surface area (Å²) in [6.45, 7) is 0.0901. The molecule has 0 heterocycles. The van der Waals surface area contributed by atoms with Crippen LogP contribution in [0.5, 0.6) is 0 Å². The molecule has 0 radical (unpaired) electrons. The molecule has 0 unspecified atom stereocenters. The highest BCUT2D eigenvalue weighted by molar-refractivity contribution is 14.1. The van der Waals surface area contributed by atoms with E-state index in [2.05, 4.69) is 26.6 Å². The van der Waals surface area contributed by atoms with E-state index in [1.165, 1.54) is 34.7 Å². The molecular formula is C19H11BrF8IN3O. The number of alkyl halides is 7. The Kier molecular flexibility index (Phi) is 8.21. The summed E-state index contributed by atoms with van der Waals surface area (Å²) in [5.74, 6) is -2.06. The molecule has 0 aliphatic rings. The highest BCUT2D eigenvalue weighted by atomic mass is 127. The van der Waals surface area contributed by atoms with Crippen LogP contribution in [0.2, 0.25) is 0 Å². The van der Waals surface area contributed by atoms with Gasteiger partial charge in [-0.05, 0) is 62.8 Å². The Balaban J connectivity index is 2.43. The van der Waals surface area contributed by atoms with Crippen LogP contribution in [-0.2, 0) is 5.67 Å². The Hall–Kier alpha value is -2.15. The number of rotatable bonds is 6. The average Bonchev–Trinajstić information content (AvgIpc) is 2.69. The van der Waals surface area contributed by atoms with Crippen LogP contribution in [0.1, 0.15) is 22.3 Å². The molecule has 0 aliphatic heterocycles. The zero-order valence-corrected chi connectivity index (χ0v) is 19.7. The quantitative estimate of drug-likeness (QED) is 0.199. The number of carbonyl (C=O) groups is 1. The molecule has 1 amide bonds. The Bertz CT molecular complexity index is 1060. The standard InChI is InChI=1S/C19H11BrF8IN3O/c20-11-7-9(17(22,18(23,24)25)19(26,27)28)8-12(29)15(11)32-16(33)10-3-1-4-13(14(10)21)31-6-2-5-30/h1,3-4,7-8,31H,2,6H2,(H,32,33). The first-order valence-corrected chi connectivity index (χ1v) is 10.5. The van der Waals surface area contributed by atoms with E-state index in [-0.39, 0.29) is 40.0 Å². The molecule has 0 fully saturated rings. The van der Waals surface area contributed by atoms with E-state index < -0.39 is 45.3 Å². The minimum absolute atomic E-state index is 0.0548. The van der Waals surface area contributed by atoms with Crippen molar-refractivity contribution in [2.75, 3.05) is 17.2 Å². The third-order valence-corrected chi connectivity index (χ3v) is 5.73. The van der Waals surface area contributed by atoms with E-state index in [0.717, 1.165) is 6.07 Å².